The highest BCUT2D eigenvalue weighted by Crippen LogP contribution is 2.28. The number of rotatable bonds is 23. The summed E-state index contributed by atoms with van der Waals surface area (Å²) in [4.78, 5) is 100. The lowest BCUT2D eigenvalue weighted by atomic mass is 9.84. The number of phenolic OH excluding ortho intramolecular Hbond substituents is 1. The van der Waals surface area contributed by atoms with Crippen LogP contribution in [-0.2, 0) is 46.4 Å². The van der Waals surface area contributed by atoms with E-state index in [1.165, 1.54) is 34.9 Å². The zero-order chi connectivity index (χ0) is 49.7. The number of aliphatic hydroxyl groups is 2. The first-order valence-corrected chi connectivity index (χ1v) is 24.1. The summed E-state index contributed by atoms with van der Waals surface area (Å²) in [5.41, 5.74) is 8.68. The predicted molar refractivity (Wildman–Crippen MR) is 256 cm³/mol. The molecule has 19 nitrogen and oxygen atoms in total. The Bertz CT molecular complexity index is 2340. The number of aromatic amines is 1. The van der Waals surface area contributed by atoms with Gasteiger partial charge in [-0.1, -0.05) is 57.2 Å². The number of aliphatic hydroxyl groups excluding tert-OH is 2. The number of amides is 6. The lowest BCUT2D eigenvalue weighted by molar-refractivity contribution is -0.144. The van der Waals surface area contributed by atoms with Crippen molar-refractivity contribution in [2.75, 3.05) is 25.2 Å². The zero-order valence-corrected chi connectivity index (χ0v) is 39.5. The molecule has 0 spiro atoms. The molecular formula is C48H64N8O11S. The SMILES string of the molecule is CSCC[C@H](NC(=O)[C@H](CO)NC(=O)[C@@H]1CCCN1C(=O)[C@H](CC1C=CC(O)=CC1C)NC(=O)[C@@H](NC(=O)[C@H](Cc1ccc(O)cc1)NC(=O)[C@@H](N)Cc1c[nH]c2ccccc12)C(C)C)C(=O)O. The smallest absolute Gasteiger partial charge is 0.326 e. The van der Waals surface area contributed by atoms with E-state index in [1.807, 2.05) is 31.2 Å². The van der Waals surface area contributed by atoms with Crippen molar-refractivity contribution in [2.24, 2.45) is 23.5 Å². The molecule has 5 rings (SSSR count). The van der Waals surface area contributed by atoms with Crippen LogP contribution in [0.2, 0.25) is 0 Å². The summed E-state index contributed by atoms with van der Waals surface area (Å²) in [6.07, 6.45) is 9.20. The second-order valence-electron chi connectivity index (χ2n) is 17.7. The number of carboxylic acid groups (broad SMARTS) is 1. The summed E-state index contributed by atoms with van der Waals surface area (Å²) >= 11 is 1.39. The monoisotopic (exact) mass is 960 g/mol. The number of thioether (sulfide) groups is 1. The molecule has 9 atom stereocenters. The van der Waals surface area contributed by atoms with Crippen molar-refractivity contribution >= 4 is 64.1 Å². The molecular weight excluding hydrogens is 897 g/mol. The highest BCUT2D eigenvalue weighted by atomic mass is 32.2. The van der Waals surface area contributed by atoms with Crippen LogP contribution in [0.5, 0.6) is 5.75 Å². The number of carboxylic acids is 1. The Balaban J connectivity index is 1.34. The number of fused-ring (bicyclic) bond motifs is 1. The Labute approximate surface area is 399 Å². The average molecular weight is 961 g/mol. The molecule has 2 aromatic carbocycles. The number of H-pyrrole nitrogens is 1. The molecule has 1 saturated heterocycles. The minimum atomic E-state index is -1.52. The second-order valence-corrected chi connectivity index (χ2v) is 18.7. The minimum Gasteiger partial charge on any atom is -0.508 e. The van der Waals surface area contributed by atoms with Gasteiger partial charge in [0.1, 0.15) is 47.8 Å². The van der Waals surface area contributed by atoms with Crippen LogP contribution in [-0.4, -0.2) is 139 Å². The molecule has 1 aliphatic carbocycles. The van der Waals surface area contributed by atoms with E-state index in [4.69, 9.17) is 5.73 Å². The predicted octanol–water partition coefficient (Wildman–Crippen LogP) is 1.54. The molecule has 12 N–H and O–H groups in total. The fourth-order valence-electron chi connectivity index (χ4n) is 8.40. The third kappa shape index (κ3) is 14.1. The molecule has 68 heavy (non-hydrogen) atoms. The molecule has 2 heterocycles. The van der Waals surface area contributed by atoms with Crippen LogP contribution in [0.15, 0.2) is 78.7 Å². The summed E-state index contributed by atoms with van der Waals surface area (Å²) in [7, 11) is 0. The number of para-hydroxylation sites is 1. The summed E-state index contributed by atoms with van der Waals surface area (Å²) in [6.45, 7) is 4.49. The number of allylic oxidation sites excluding steroid dienone is 3. The van der Waals surface area contributed by atoms with Crippen molar-refractivity contribution in [2.45, 2.75) is 102 Å². The summed E-state index contributed by atoms with van der Waals surface area (Å²) < 4.78 is 0. The van der Waals surface area contributed by atoms with Crippen molar-refractivity contribution in [3.63, 3.8) is 0 Å². The number of nitrogens with two attached hydrogens (primary N) is 1. The number of nitrogens with one attached hydrogen (secondary N) is 6. The Kier molecular flexibility index (Phi) is 19.0. The topological polar surface area (TPSA) is 306 Å². The number of hydrogen-bond donors (Lipinski definition) is 11. The number of nitrogens with zero attached hydrogens (tertiary/aromatic N) is 1. The van der Waals surface area contributed by atoms with E-state index in [9.17, 15) is 54.0 Å². The molecule has 3 aromatic rings. The van der Waals surface area contributed by atoms with Gasteiger partial charge in [0.2, 0.25) is 35.4 Å². The van der Waals surface area contributed by atoms with Crippen molar-refractivity contribution in [3.8, 4) is 5.75 Å². The van der Waals surface area contributed by atoms with Crippen molar-refractivity contribution in [1.29, 1.82) is 0 Å². The molecule has 2 aliphatic rings. The van der Waals surface area contributed by atoms with Gasteiger partial charge in [0.15, 0.2) is 0 Å². The van der Waals surface area contributed by atoms with Gasteiger partial charge in [-0.3, -0.25) is 28.8 Å². The molecule has 0 saturated carbocycles. The Hall–Kier alpha value is -6.38. The molecule has 0 radical (unpaired) electrons. The minimum absolute atomic E-state index is 0.00281. The van der Waals surface area contributed by atoms with Crippen molar-refractivity contribution in [1.82, 2.24) is 36.5 Å². The van der Waals surface area contributed by atoms with Gasteiger partial charge in [0.25, 0.3) is 0 Å². The molecule has 2 unspecified atom stereocenters. The van der Waals surface area contributed by atoms with Gasteiger partial charge in [-0.2, -0.15) is 11.8 Å². The van der Waals surface area contributed by atoms with Crippen LogP contribution in [0.4, 0.5) is 0 Å². The normalized spacial score (nSPS) is 19.5. The third-order valence-electron chi connectivity index (χ3n) is 12.3. The fraction of sp³-hybridized carbons (Fsp3) is 0.479. The van der Waals surface area contributed by atoms with E-state index >= 15 is 0 Å². The Morgan fingerprint density at radius 3 is 2.19 bits per heavy atom. The van der Waals surface area contributed by atoms with Gasteiger partial charge in [-0.15, -0.1) is 0 Å². The number of carbonyl (C=O) groups is 7. The number of phenols is 1. The van der Waals surface area contributed by atoms with Gasteiger partial charge in [0.05, 0.1) is 12.6 Å². The summed E-state index contributed by atoms with van der Waals surface area (Å²) in [6, 6.07) is 4.93. The van der Waals surface area contributed by atoms with E-state index < -0.39 is 96.2 Å². The van der Waals surface area contributed by atoms with Crippen LogP contribution >= 0.6 is 11.8 Å². The number of aliphatic carboxylic acids is 1. The highest BCUT2D eigenvalue weighted by Gasteiger charge is 2.41. The summed E-state index contributed by atoms with van der Waals surface area (Å²) in [5.74, 6) is -6.36. The van der Waals surface area contributed by atoms with Gasteiger partial charge in [-0.25, -0.2) is 4.79 Å². The maximum Gasteiger partial charge on any atom is 0.326 e. The van der Waals surface area contributed by atoms with Gasteiger partial charge < -0.3 is 62.6 Å². The quantitative estimate of drug-likeness (QED) is 0.0644. The van der Waals surface area contributed by atoms with E-state index in [-0.39, 0.29) is 62.0 Å². The van der Waals surface area contributed by atoms with Crippen molar-refractivity contribution < 1.29 is 54.0 Å². The van der Waals surface area contributed by atoms with E-state index in [1.54, 1.807) is 50.6 Å². The molecule has 1 aromatic heterocycles. The van der Waals surface area contributed by atoms with Crippen molar-refractivity contribution in [3.05, 3.63) is 89.8 Å². The van der Waals surface area contributed by atoms with E-state index in [0.29, 0.717) is 17.7 Å². The second kappa shape index (κ2) is 24.6. The lowest BCUT2D eigenvalue weighted by Gasteiger charge is -2.33. The number of benzene rings is 2. The molecule has 1 aliphatic heterocycles. The van der Waals surface area contributed by atoms with Gasteiger partial charge in [0, 0.05) is 30.1 Å². The van der Waals surface area contributed by atoms with Crippen LogP contribution in [0.3, 0.4) is 0 Å². The molecule has 6 amide bonds. The number of aromatic hydroxyl groups is 1. The fourth-order valence-corrected chi connectivity index (χ4v) is 8.87. The zero-order valence-electron chi connectivity index (χ0n) is 38.6. The Morgan fingerprint density at radius 1 is 0.853 bits per heavy atom. The summed E-state index contributed by atoms with van der Waals surface area (Å²) in [5, 5.41) is 53.9. The number of hydrogen-bond acceptors (Lipinski definition) is 12. The first-order valence-electron chi connectivity index (χ1n) is 22.7. The van der Waals surface area contributed by atoms with Crippen LogP contribution in [0.25, 0.3) is 10.9 Å². The third-order valence-corrected chi connectivity index (χ3v) is 13.0. The van der Waals surface area contributed by atoms with Gasteiger partial charge >= 0.3 is 5.97 Å². The number of carbonyl (C=O) groups excluding carboxylic acids is 6. The maximum absolute atomic E-state index is 14.7. The largest absolute Gasteiger partial charge is 0.508 e. The highest BCUT2D eigenvalue weighted by molar-refractivity contribution is 7.98. The van der Waals surface area contributed by atoms with Crippen LogP contribution in [0.1, 0.15) is 57.6 Å². The van der Waals surface area contributed by atoms with Gasteiger partial charge in [-0.05, 0) is 103 Å². The first-order chi connectivity index (χ1) is 32.4. The van der Waals surface area contributed by atoms with Crippen LogP contribution < -0.4 is 32.3 Å². The molecule has 20 heteroatoms. The van der Waals surface area contributed by atoms with Crippen LogP contribution in [0, 0.1) is 17.8 Å². The Morgan fingerprint density at radius 2 is 1.53 bits per heavy atom. The number of aromatic nitrogens is 1. The number of likely N-dealkylation sites (tertiary alicyclic amines) is 1. The van der Waals surface area contributed by atoms with E-state index in [2.05, 4.69) is 31.6 Å². The standard InChI is InChI=1S/C48H64N8O11S/c1-26(2)41(55-43(61)37(21-28-11-14-31(58)15-12-28)52-42(60)34(49)22-30-24-50-35-9-6-5-8-33(30)35)46(64)53-38(23-29-13-16-32(59)20-27(29)3)47(65)56-18-7-10-40(56)45(63)54-39(25-57)44(62)51-36(48(66)67)17-19-68-4/h5-6,8-9,11-16,20,24,26-27,29,34,36-41,50,57-59H,7,10,17-19,21-23,25,49H2,1-4H3,(H,51,62)(H,52,60)(H,53,64)(H,54,63)(H,55,61)(H,66,67)/t27?,29?,34-,36-,37-,38-,39-,40-,41-/m0/s1. The first kappa shape index (κ1) is 52.6. The lowest BCUT2D eigenvalue weighted by Crippen LogP contribution is -2.61. The molecule has 1 fully saturated rings. The molecule has 368 valence electrons. The average Bonchev–Trinajstić information content (AvgIpc) is 3.97. The maximum atomic E-state index is 14.7. The molecule has 0 bridgehead atoms. The van der Waals surface area contributed by atoms with E-state index in [0.717, 1.165) is 16.5 Å².